The molecule has 0 bridgehead atoms. The van der Waals surface area contributed by atoms with Crippen LogP contribution in [0.1, 0.15) is 104 Å². The van der Waals surface area contributed by atoms with Gasteiger partial charge in [0.05, 0.1) is 24.4 Å². The van der Waals surface area contributed by atoms with Crippen LogP contribution in [0.2, 0.25) is 0 Å². The molecule has 6 rings (SSSR count). The Morgan fingerprint density at radius 1 is 1.02 bits per heavy atom. The highest BCUT2D eigenvalue weighted by molar-refractivity contribution is 5.49. The Hall–Kier alpha value is -2.80. The van der Waals surface area contributed by atoms with Crippen LogP contribution in [-0.2, 0) is 6.54 Å². The highest BCUT2D eigenvalue weighted by Gasteiger charge is 2.51. The summed E-state index contributed by atoms with van der Waals surface area (Å²) in [5, 5.41) is 10.8. The van der Waals surface area contributed by atoms with E-state index in [4.69, 9.17) is 0 Å². The quantitative estimate of drug-likeness (QED) is 0.335. The van der Waals surface area contributed by atoms with Gasteiger partial charge in [-0.15, -0.1) is 0 Å². The zero-order valence-electron chi connectivity index (χ0n) is 27.9. The maximum absolute atomic E-state index is 14.2. The van der Waals surface area contributed by atoms with E-state index in [-0.39, 0.29) is 22.8 Å². The van der Waals surface area contributed by atoms with Gasteiger partial charge in [-0.05, 0) is 116 Å². The summed E-state index contributed by atoms with van der Waals surface area (Å²) in [7, 11) is 3.96. The Balaban J connectivity index is 1.38. The number of aliphatic hydroxyl groups is 1. The number of allylic oxidation sites excluding steroid dienone is 3. The third kappa shape index (κ3) is 5.48. The van der Waals surface area contributed by atoms with Crippen LogP contribution in [0, 0.1) is 29.1 Å². The highest BCUT2D eigenvalue weighted by Crippen LogP contribution is 2.60. The standard InChI is InChI=1S/C37H54N4O3/c1-24(2)9-7-10-25(3)32-18-19-33-26(11-8-20-37(32,33)4)21-34-31-22-30(42)17-12-27(31)23-39-35(43)40(36(44)41(34)39)29-15-13-28(14-16-29)38(5)6/h13-16,21,24-25,30,32-34,42H,7-12,17-20,22-23H2,1-6H3/b26-21+/t25?,30-,32+,33-,34-,37+/m0/s1. The normalized spacial score (nSPS) is 30.0. The molecule has 2 aromatic rings. The third-order valence-corrected chi connectivity index (χ3v) is 11.9. The van der Waals surface area contributed by atoms with E-state index in [2.05, 4.69) is 33.8 Å². The fourth-order valence-corrected chi connectivity index (χ4v) is 9.51. The minimum Gasteiger partial charge on any atom is -0.393 e. The molecule has 1 N–H and O–H groups in total. The maximum atomic E-state index is 14.2. The molecule has 0 amide bonds. The van der Waals surface area contributed by atoms with E-state index < -0.39 is 6.10 Å². The molecule has 6 atom stereocenters. The van der Waals surface area contributed by atoms with Gasteiger partial charge in [-0.3, -0.25) is 0 Å². The first kappa shape index (κ1) is 31.2. The fraction of sp³-hybridized carbons (Fsp3) is 0.676. The van der Waals surface area contributed by atoms with E-state index in [1.54, 1.807) is 9.36 Å². The molecule has 7 nitrogen and oxygen atoms in total. The lowest BCUT2D eigenvalue weighted by Crippen LogP contribution is -2.39. The average molecular weight is 603 g/mol. The van der Waals surface area contributed by atoms with Crippen molar-refractivity contribution in [3.05, 3.63) is 68.0 Å². The minimum absolute atomic E-state index is 0.279. The van der Waals surface area contributed by atoms with Crippen molar-refractivity contribution >= 4 is 5.69 Å². The monoisotopic (exact) mass is 602 g/mol. The van der Waals surface area contributed by atoms with Gasteiger partial charge >= 0.3 is 11.4 Å². The van der Waals surface area contributed by atoms with Crippen molar-refractivity contribution in [2.45, 2.75) is 117 Å². The molecular weight excluding hydrogens is 548 g/mol. The predicted molar refractivity (Wildman–Crippen MR) is 179 cm³/mol. The second-order valence-corrected chi connectivity index (χ2v) is 15.3. The number of hydrogen-bond acceptors (Lipinski definition) is 4. The topological polar surface area (TPSA) is 72.4 Å². The van der Waals surface area contributed by atoms with Crippen LogP contribution in [0.5, 0.6) is 0 Å². The highest BCUT2D eigenvalue weighted by atomic mass is 16.3. The van der Waals surface area contributed by atoms with E-state index in [1.165, 1.54) is 60.7 Å². The van der Waals surface area contributed by atoms with E-state index in [0.717, 1.165) is 41.9 Å². The first-order valence-electron chi connectivity index (χ1n) is 17.3. The van der Waals surface area contributed by atoms with Gasteiger partial charge in [0.25, 0.3) is 0 Å². The number of anilines is 1. The molecule has 1 aromatic carbocycles. The lowest BCUT2D eigenvalue weighted by Gasteiger charge is -2.45. The zero-order chi connectivity index (χ0) is 31.3. The van der Waals surface area contributed by atoms with E-state index in [0.29, 0.717) is 31.0 Å². The van der Waals surface area contributed by atoms with Gasteiger partial charge in [0, 0.05) is 19.8 Å². The molecule has 4 aliphatic rings. The first-order chi connectivity index (χ1) is 21.0. The molecule has 1 aliphatic heterocycles. The molecule has 0 radical (unpaired) electrons. The van der Waals surface area contributed by atoms with Gasteiger partial charge in [-0.2, -0.15) is 0 Å². The molecular formula is C37H54N4O3. The van der Waals surface area contributed by atoms with Crippen LogP contribution in [0.25, 0.3) is 5.69 Å². The average Bonchev–Trinajstić information content (AvgIpc) is 3.46. The Bertz CT molecular complexity index is 1540. The Morgan fingerprint density at radius 2 is 1.77 bits per heavy atom. The number of aliphatic hydroxyl groups excluding tert-OH is 1. The van der Waals surface area contributed by atoms with Crippen LogP contribution in [0.4, 0.5) is 5.69 Å². The molecule has 0 spiro atoms. The SMILES string of the molecule is CC(C)CCCC(C)[C@H]1CC[C@H]2/C(=C/[C@H]3C4=C(CC[C@H](O)C4)Cn4c(=O)n(-c5ccc(N(C)C)cc5)c(=O)n43)CCC[C@]12C. The Kier molecular flexibility index (Phi) is 8.64. The van der Waals surface area contributed by atoms with Gasteiger partial charge < -0.3 is 10.0 Å². The van der Waals surface area contributed by atoms with E-state index >= 15 is 0 Å². The Labute approximate surface area is 263 Å². The first-order valence-corrected chi connectivity index (χ1v) is 17.3. The predicted octanol–water partition coefficient (Wildman–Crippen LogP) is 6.87. The lowest BCUT2D eigenvalue weighted by atomic mass is 9.60. The summed E-state index contributed by atoms with van der Waals surface area (Å²) in [6.45, 7) is 10.1. The molecule has 240 valence electrons. The van der Waals surface area contributed by atoms with Gasteiger partial charge in [-0.25, -0.2) is 23.5 Å². The number of aromatic nitrogens is 3. The third-order valence-electron chi connectivity index (χ3n) is 11.9. The number of nitrogens with zero attached hydrogens (tertiary/aromatic N) is 4. The smallest absolute Gasteiger partial charge is 0.352 e. The van der Waals surface area contributed by atoms with Crippen LogP contribution < -0.4 is 16.3 Å². The summed E-state index contributed by atoms with van der Waals surface area (Å²) in [6.07, 6.45) is 14.0. The second-order valence-electron chi connectivity index (χ2n) is 15.3. The molecule has 0 saturated heterocycles. The van der Waals surface area contributed by atoms with Crippen LogP contribution in [0.3, 0.4) is 0 Å². The van der Waals surface area contributed by atoms with Crippen molar-refractivity contribution < 1.29 is 5.11 Å². The molecule has 7 heteroatoms. The number of hydrogen-bond donors (Lipinski definition) is 1. The summed E-state index contributed by atoms with van der Waals surface area (Å²) in [5.74, 6) is 2.73. The van der Waals surface area contributed by atoms with Gasteiger partial charge in [0.1, 0.15) is 0 Å². The zero-order valence-corrected chi connectivity index (χ0v) is 27.9. The summed E-state index contributed by atoms with van der Waals surface area (Å²) >= 11 is 0. The summed E-state index contributed by atoms with van der Waals surface area (Å²) in [4.78, 5) is 30.1. The van der Waals surface area contributed by atoms with Crippen molar-refractivity contribution in [3.63, 3.8) is 0 Å². The fourth-order valence-electron chi connectivity index (χ4n) is 9.51. The molecule has 44 heavy (non-hydrogen) atoms. The van der Waals surface area contributed by atoms with Gasteiger partial charge in [0.15, 0.2) is 0 Å². The minimum atomic E-state index is -0.400. The largest absolute Gasteiger partial charge is 0.393 e. The van der Waals surface area contributed by atoms with Crippen LogP contribution >= 0.6 is 0 Å². The number of benzene rings is 1. The van der Waals surface area contributed by atoms with Crippen molar-refractivity contribution in [2.75, 3.05) is 19.0 Å². The van der Waals surface area contributed by atoms with Crippen molar-refractivity contribution in [2.24, 2.45) is 29.1 Å². The summed E-state index contributed by atoms with van der Waals surface area (Å²) < 4.78 is 4.74. The molecule has 1 unspecified atom stereocenters. The van der Waals surface area contributed by atoms with Crippen molar-refractivity contribution in [3.8, 4) is 5.69 Å². The second kappa shape index (κ2) is 12.2. The van der Waals surface area contributed by atoms with Crippen molar-refractivity contribution in [1.29, 1.82) is 0 Å². The van der Waals surface area contributed by atoms with Gasteiger partial charge in [-0.1, -0.05) is 58.6 Å². The lowest BCUT2D eigenvalue weighted by molar-refractivity contribution is 0.0922. The Morgan fingerprint density at radius 3 is 2.48 bits per heavy atom. The van der Waals surface area contributed by atoms with Crippen LogP contribution in [-0.4, -0.2) is 39.2 Å². The van der Waals surface area contributed by atoms with Crippen LogP contribution in [0.15, 0.2) is 56.6 Å². The maximum Gasteiger partial charge on any atom is 0.352 e. The molecule has 1 aromatic heterocycles. The summed E-state index contributed by atoms with van der Waals surface area (Å²) in [5.41, 5.74) is 5.18. The van der Waals surface area contributed by atoms with Crippen molar-refractivity contribution in [1.82, 2.24) is 13.9 Å². The van der Waals surface area contributed by atoms with E-state index in [1.807, 2.05) is 43.3 Å². The number of rotatable bonds is 8. The molecule has 2 fully saturated rings. The summed E-state index contributed by atoms with van der Waals surface area (Å²) in [6, 6.07) is 7.30. The van der Waals surface area contributed by atoms with Gasteiger partial charge in [0.2, 0.25) is 0 Å². The molecule has 2 heterocycles. The number of fused-ring (bicyclic) bond motifs is 2. The molecule has 3 aliphatic carbocycles. The molecule has 2 saturated carbocycles. The van der Waals surface area contributed by atoms with E-state index in [9.17, 15) is 14.7 Å².